The molecule has 0 saturated carbocycles. The first-order chi connectivity index (χ1) is 13.4. The van der Waals surface area contributed by atoms with Crippen LogP contribution < -0.4 is 4.74 Å². The Balaban J connectivity index is 1.73. The van der Waals surface area contributed by atoms with Gasteiger partial charge in [-0.3, -0.25) is 0 Å². The number of benzene rings is 2. The third-order valence-electron chi connectivity index (χ3n) is 4.60. The summed E-state index contributed by atoms with van der Waals surface area (Å²) >= 11 is 0. The lowest BCUT2D eigenvalue weighted by Crippen LogP contribution is -2.29. The average molecular weight is 404 g/mol. The fourth-order valence-electron chi connectivity index (χ4n) is 2.83. The van der Waals surface area contributed by atoms with Crippen molar-refractivity contribution in [3.8, 4) is 5.75 Å². The van der Waals surface area contributed by atoms with Crippen LogP contribution >= 0.6 is 0 Å². The third kappa shape index (κ3) is 4.38. The van der Waals surface area contributed by atoms with Crippen LogP contribution in [0.5, 0.6) is 5.75 Å². The predicted octanol–water partition coefficient (Wildman–Crippen LogP) is 4.23. The van der Waals surface area contributed by atoms with Crippen molar-refractivity contribution in [2.24, 2.45) is 0 Å². The summed E-state index contributed by atoms with van der Waals surface area (Å²) in [6, 6.07) is 15.4. The molecule has 0 bridgehead atoms. The van der Waals surface area contributed by atoms with Crippen molar-refractivity contribution in [3.63, 3.8) is 0 Å². The molecule has 0 amide bonds. The van der Waals surface area contributed by atoms with Gasteiger partial charge in [-0.15, -0.1) is 0 Å². The molecule has 0 aliphatic rings. The molecule has 7 heteroatoms. The summed E-state index contributed by atoms with van der Waals surface area (Å²) in [6.45, 7) is 5.27. The van der Waals surface area contributed by atoms with Crippen molar-refractivity contribution in [3.05, 3.63) is 60.4 Å². The average Bonchev–Trinajstić information content (AvgIpc) is 3.14. The summed E-state index contributed by atoms with van der Waals surface area (Å²) in [6.07, 6.45) is 0. The van der Waals surface area contributed by atoms with Crippen molar-refractivity contribution >= 4 is 21.0 Å². The van der Waals surface area contributed by atoms with Crippen LogP contribution in [0.2, 0.25) is 0 Å². The van der Waals surface area contributed by atoms with Crippen molar-refractivity contribution in [1.82, 2.24) is 4.31 Å². The minimum atomic E-state index is -3.68. The molecule has 150 valence electrons. The molecule has 28 heavy (non-hydrogen) atoms. The second kappa shape index (κ2) is 8.77. The Morgan fingerprint density at radius 3 is 2.46 bits per heavy atom. The van der Waals surface area contributed by atoms with Gasteiger partial charge in [0, 0.05) is 19.0 Å². The molecular weight excluding hydrogens is 378 g/mol. The highest BCUT2D eigenvalue weighted by atomic mass is 32.2. The second-order valence-corrected chi connectivity index (χ2v) is 8.40. The van der Waals surface area contributed by atoms with Crippen LogP contribution in [0, 0.1) is 0 Å². The highest BCUT2D eigenvalue weighted by molar-refractivity contribution is 7.89. The van der Waals surface area contributed by atoms with Gasteiger partial charge in [-0.1, -0.05) is 18.2 Å². The molecule has 0 fully saturated rings. The van der Waals surface area contributed by atoms with Crippen molar-refractivity contribution < 1.29 is 22.3 Å². The van der Waals surface area contributed by atoms with Crippen LogP contribution in [-0.2, 0) is 14.8 Å². The Labute approximate surface area is 165 Å². The van der Waals surface area contributed by atoms with Gasteiger partial charge in [0.25, 0.3) is 0 Å². The van der Waals surface area contributed by atoms with Crippen LogP contribution in [-0.4, -0.2) is 39.6 Å². The normalized spacial score (nSPS) is 13.1. The van der Waals surface area contributed by atoms with E-state index < -0.39 is 16.1 Å². The van der Waals surface area contributed by atoms with E-state index in [1.54, 1.807) is 38.2 Å². The summed E-state index contributed by atoms with van der Waals surface area (Å²) in [7, 11) is -2.12. The van der Waals surface area contributed by atoms with Gasteiger partial charge in [-0.25, -0.2) is 8.42 Å². The molecular formula is C21H25NO5S. The molecule has 0 N–H and O–H groups in total. The maximum Gasteiger partial charge on any atom is 0.243 e. The van der Waals surface area contributed by atoms with Gasteiger partial charge >= 0.3 is 0 Å². The zero-order chi connectivity index (χ0) is 20.1. The van der Waals surface area contributed by atoms with Gasteiger partial charge in [-0.2, -0.15) is 4.31 Å². The molecule has 1 atom stereocenters. The maximum absolute atomic E-state index is 13.0. The fourth-order valence-corrected chi connectivity index (χ4v) is 4.17. The summed E-state index contributed by atoms with van der Waals surface area (Å²) in [4.78, 5) is 0.204. The molecule has 6 nitrogen and oxygen atoms in total. The van der Waals surface area contributed by atoms with Crippen molar-refractivity contribution in [2.45, 2.75) is 24.8 Å². The highest BCUT2D eigenvalue weighted by Crippen LogP contribution is 2.30. The number of sulfonamides is 1. The Morgan fingerprint density at radius 2 is 1.79 bits per heavy atom. The van der Waals surface area contributed by atoms with E-state index in [9.17, 15) is 8.42 Å². The Hall–Kier alpha value is -2.35. The summed E-state index contributed by atoms with van der Waals surface area (Å²) < 4.78 is 43.9. The van der Waals surface area contributed by atoms with E-state index in [0.717, 1.165) is 11.0 Å². The molecule has 1 aromatic heterocycles. The lowest BCUT2D eigenvalue weighted by molar-refractivity contribution is 0.110. The van der Waals surface area contributed by atoms with Gasteiger partial charge in [0.2, 0.25) is 10.0 Å². The molecule has 0 radical (unpaired) electrons. The topological polar surface area (TPSA) is 69.0 Å². The van der Waals surface area contributed by atoms with Crippen LogP contribution in [0.4, 0.5) is 0 Å². The quantitative estimate of drug-likeness (QED) is 0.500. The number of fused-ring (bicyclic) bond motifs is 1. The SMILES string of the molecule is CCOCCOc1ccc(S(=O)(=O)N(C)C(C)c2cc3ccccc3o2)cc1. The highest BCUT2D eigenvalue weighted by Gasteiger charge is 2.28. The van der Waals surface area contributed by atoms with E-state index in [-0.39, 0.29) is 4.90 Å². The van der Waals surface area contributed by atoms with Crippen LogP contribution in [0.25, 0.3) is 11.0 Å². The van der Waals surface area contributed by atoms with E-state index in [1.165, 1.54) is 4.31 Å². The number of furan rings is 1. The minimum absolute atomic E-state index is 0.204. The van der Waals surface area contributed by atoms with Gasteiger partial charge in [-0.05, 0) is 50.2 Å². The second-order valence-electron chi connectivity index (χ2n) is 6.40. The van der Waals surface area contributed by atoms with Crippen molar-refractivity contribution in [1.29, 1.82) is 0 Å². The largest absolute Gasteiger partial charge is 0.491 e. The molecule has 0 aliphatic heterocycles. The van der Waals surface area contributed by atoms with Gasteiger partial charge in [0.05, 0.1) is 17.5 Å². The molecule has 1 heterocycles. The molecule has 0 spiro atoms. The van der Waals surface area contributed by atoms with E-state index >= 15 is 0 Å². The fraction of sp³-hybridized carbons (Fsp3) is 0.333. The molecule has 1 unspecified atom stereocenters. The van der Waals surface area contributed by atoms with Crippen LogP contribution in [0.15, 0.2) is 63.9 Å². The smallest absolute Gasteiger partial charge is 0.243 e. The zero-order valence-corrected chi connectivity index (χ0v) is 17.1. The van der Waals surface area contributed by atoms with Crippen molar-refractivity contribution in [2.75, 3.05) is 26.9 Å². The van der Waals surface area contributed by atoms with Gasteiger partial charge in [0.1, 0.15) is 23.7 Å². The summed E-state index contributed by atoms with van der Waals surface area (Å²) in [5.74, 6) is 1.20. The lowest BCUT2D eigenvalue weighted by Gasteiger charge is -2.22. The van der Waals surface area contributed by atoms with Gasteiger partial charge in [0.15, 0.2) is 0 Å². The first-order valence-corrected chi connectivity index (χ1v) is 10.6. The van der Waals surface area contributed by atoms with Crippen LogP contribution in [0.1, 0.15) is 25.6 Å². The molecule has 3 aromatic rings. The first kappa shape index (κ1) is 20.4. The standard InChI is InChI=1S/C21H25NO5S/c1-4-25-13-14-26-18-9-11-19(12-10-18)28(23,24)22(3)16(2)21-15-17-7-5-6-8-20(17)27-21/h5-12,15-16H,4,13-14H2,1-3H3. The van der Waals surface area contributed by atoms with E-state index in [4.69, 9.17) is 13.9 Å². The number of hydrogen-bond acceptors (Lipinski definition) is 5. The van der Waals surface area contributed by atoms with Crippen LogP contribution in [0.3, 0.4) is 0 Å². The zero-order valence-electron chi connectivity index (χ0n) is 16.3. The van der Waals surface area contributed by atoms with E-state index in [2.05, 4.69) is 0 Å². The molecule has 0 saturated heterocycles. The van der Waals surface area contributed by atoms with E-state index in [1.807, 2.05) is 37.3 Å². The monoisotopic (exact) mass is 403 g/mol. The predicted molar refractivity (Wildman–Crippen MR) is 108 cm³/mol. The summed E-state index contributed by atoms with van der Waals surface area (Å²) in [5, 5.41) is 0.948. The summed E-state index contributed by atoms with van der Waals surface area (Å²) in [5.41, 5.74) is 0.740. The Bertz CT molecular complexity index is 978. The number of ether oxygens (including phenoxy) is 2. The Morgan fingerprint density at radius 1 is 1.07 bits per heavy atom. The number of rotatable bonds is 9. The number of hydrogen-bond donors (Lipinski definition) is 0. The minimum Gasteiger partial charge on any atom is -0.491 e. The van der Waals surface area contributed by atoms with E-state index in [0.29, 0.717) is 31.3 Å². The molecule has 3 rings (SSSR count). The molecule has 2 aromatic carbocycles. The molecule has 0 aliphatic carbocycles. The first-order valence-electron chi connectivity index (χ1n) is 9.20. The third-order valence-corrected chi connectivity index (χ3v) is 6.55. The van der Waals surface area contributed by atoms with Gasteiger partial charge < -0.3 is 13.9 Å². The number of para-hydroxylation sites is 1. The lowest BCUT2D eigenvalue weighted by atomic mass is 10.2. The Kier molecular flexibility index (Phi) is 6.39. The maximum atomic E-state index is 13.0. The number of nitrogens with zero attached hydrogens (tertiary/aromatic N) is 1.